The number of hydrogen-bond donors (Lipinski definition) is 1. The van der Waals surface area contributed by atoms with Gasteiger partial charge in [-0.2, -0.15) is 4.98 Å². The molecule has 1 heterocycles. The van der Waals surface area contributed by atoms with Gasteiger partial charge in [-0.3, -0.25) is 0 Å². The topological polar surface area (TPSA) is 74.2 Å². The predicted octanol–water partition coefficient (Wildman–Crippen LogP) is 3.00. The molecule has 0 atom stereocenters. The second-order valence-corrected chi connectivity index (χ2v) is 5.09. The SMILES string of the molecule is COC1(c2noc(-c3c(N)cccc3Cl)n2)CCC1. The first kappa shape index (κ1) is 12.4. The normalized spacial score (nSPS) is 17.2. The maximum atomic E-state index is 6.13. The number of hydrogen-bond acceptors (Lipinski definition) is 5. The Bertz CT molecular complexity index is 582. The van der Waals surface area contributed by atoms with Gasteiger partial charge in [0.1, 0.15) is 5.60 Å². The van der Waals surface area contributed by atoms with Crippen LogP contribution in [0.15, 0.2) is 22.7 Å². The van der Waals surface area contributed by atoms with E-state index in [0.29, 0.717) is 28.0 Å². The van der Waals surface area contributed by atoms with Crippen LogP contribution < -0.4 is 5.73 Å². The Labute approximate surface area is 115 Å². The second kappa shape index (κ2) is 4.51. The Balaban J connectivity index is 2.02. The summed E-state index contributed by atoms with van der Waals surface area (Å²) in [7, 11) is 1.67. The number of anilines is 1. The standard InChI is InChI=1S/C13H14ClN3O2/c1-18-13(6-3-7-13)12-16-11(19-17-12)10-8(14)4-2-5-9(10)15/h2,4-5H,3,6-7,15H2,1H3. The summed E-state index contributed by atoms with van der Waals surface area (Å²) in [4.78, 5) is 4.40. The lowest BCUT2D eigenvalue weighted by atomic mass is 9.79. The van der Waals surface area contributed by atoms with Crippen LogP contribution in [0.4, 0.5) is 5.69 Å². The van der Waals surface area contributed by atoms with Crippen molar-refractivity contribution in [3.63, 3.8) is 0 Å². The molecule has 3 rings (SSSR count). The van der Waals surface area contributed by atoms with Crippen LogP contribution in [0.25, 0.3) is 11.5 Å². The maximum absolute atomic E-state index is 6.13. The second-order valence-electron chi connectivity index (χ2n) is 4.68. The summed E-state index contributed by atoms with van der Waals surface area (Å²) in [5, 5.41) is 4.51. The highest BCUT2D eigenvalue weighted by Crippen LogP contribution is 2.43. The monoisotopic (exact) mass is 279 g/mol. The van der Waals surface area contributed by atoms with Crippen LogP contribution in [-0.4, -0.2) is 17.3 Å². The van der Waals surface area contributed by atoms with Crippen LogP contribution in [0.1, 0.15) is 25.1 Å². The molecule has 100 valence electrons. The zero-order valence-electron chi connectivity index (χ0n) is 10.5. The average Bonchev–Trinajstić information content (AvgIpc) is 2.78. The summed E-state index contributed by atoms with van der Waals surface area (Å²) in [5.41, 5.74) is 6.60. The molecule has 1 aliphatic rings. The van der Waals surface area contributed by atoms with Crippen LogP contribution in [0.2, 0.25) is 5.02 Å². The van der Waals surface area contributed by atoms with Gasteiger partial charge in [-0.05, 0) is 31.4 Å². The molecule has 1 aliphatic carbocycles. The first-order chi connectivity index (χ1) is 9.16. The van der Waals surface area contributed by atoms with Gasteiger partial charge in [-0.25, -0.2) is 0 Å². The third-order valence-corrected chi connectivity index (χ3v) is 3.96. The van der Waals surface area contributed by atoms with E-state index < -0.39 is 5.60 Å². The van der Waals surface area contributed by atoms with Gasteiger partial charge in [0.15, 0.2) is 0 Å². The molecular weight excluding hydrogens is 266 g/mol. The van der Waals surface area contributed by atoms with Gasteiger partial charge in [0, 0.05) is 12.8 Å². The van der Waals surface area contributed by atoms with Gasteiger partial charge in [-0.1, -0.05) is 22.8 Å². The predicted molar refractivity (Wildman–Crippen MR) is 71.7 cm³/mol. The zero-order chi connectivity index (χ0) is 13.5. The van der Waals surface area contributed by atoms with E-state index in [1.807, 2.05) is 0 Å². The quantitative estimate of drug-likeness (QED) is 0.874. The highest BCUT2D eigenvalue weighted by atomic mass is 35.5. The third kappa shape index (κ3) is 1.89. The average molecular weight is 280 g/mol. The first-order valence-electron chi connectivity index (χ1n) is 6.10. The molecular formula is C13H14ClN3O2. The molecule has 0 amide bonds. The third-order valence-electron chi connectivity index (χ3n) is 3.65. The van der Waals surface area contributed by atoms with E-state index in [4.69, 9.17) is 26.6 Å². The minimum Gasteiger partial charge on any atom is -0.398 e. The van der Waals surface area contributed by atoms with E-state index in [1.165, 1.54) is 0 Å². The summed E-state index contributed by atoms with van der Waals surface area (Å²) in [6, 6.07) is 5.27. The number of benzene rings is 1. The molecule has 1 aromatic carbocycles. The molecule has 0 unspecified atom stereocenters. The summed E-state index contributed by atoms with van der Waals surface area (Å²) in [5.74, 6) is 0.900. The Hall–Kier alpha value is -1.59. The van der Waals surface area contributed by atoms with Gasteiger partial charge >= 0.3 is 0 Å². The fourth-order valence-corrected chi connectivity index (χ4v) is 2.56. The van der Waals surface area contributed by atoms with Crippen molar-refractivity contribution in [2.75, 3.05) is 12.8 Å². The highest BCUT2D eigenvalue weighted by molar-refractivity contribution is 6.33. The largest absolute Gasteiger partial charge is 0.398 e. The van der Waals surface area contributed by atoms with Crippen molar-refractivity contribution in [1.82, 2.24) is 10.1 Å². The van der Waals surface area contributed by atoms with Gasteiger partial charge in [0.05, 0.1) is 10.6 Å². The molecule has 0 spiro atoms. The Morgan fingerprint density at radius 1 is 1.42 bits per heavy atom. The number of ether oxygens (including phenoxy) is 1. The van der Waals surface area contributed by atoms with Crippen molar-refractivity contribution in [2.24, 2.45) is 0 Å². The van der Waals surface area contributed by atoms with Crippen LogP contribution in [-0.2, 0) is 10.3 Å². The number of nitrogens with two attached hydrogens (primary N) is 1. The lowest BCUT2D eigenvalue weighted by Crippen LogP contribution is -2.37. The minimum absolute atomic E-state index is 0.335. The minimum atomic E-state index is -0.405. The number of nitrogen functional groups attached to an aromatic ring is 1. The molecule has 2 aromatic rings. The fraction of sp³-hybridized carbons (Fsp3) is 0.385. The molecule has 1 fully saturated rings. The van der Waals surface area contributed by atoms with Crippen molar-refractivity contribution in [2.45, 2.75) is 24.9 Å². The van der Waals surface area contributed by atoms with Gasteiger partial charge < -0.3 is 15.0 Å². The molecule has 6 heteroatoms. The molecule has 0 bridgehead atoms. The molecule has 1 aromatic heterocycles. The van der Waals surface area contributed by atoms with Crippen LogP contribution in [0.5, 0.6) is 0 Å². The molecule has 0 aliphatic heterocycles. The molecule has 2 N–H and O–H groups in total. The van der Waals surface area contributed by atoms with E-state index in [-0.39, 0.29) is 0 Å². The van der Waals surface area contributed by atoms with Gasteiger partial charge in [-0.15, -0.1) is 0 Å². The van der Waals surface area contributed by atoms with E-state index in [9.17, 15) is 0 Å². The summed E-state index contributed by atoms with van der Waals surface area (Å²) in [6.07, 6.45) is 2.91. The van der Waals surface area contributed by atoms with E-state index in [2.05, 4.69) is 10.1 Å². The van der Waals surface area contributed by atoms with Crippen molar-refractivity contribution in [3.8, 4) is 11.5 Å². The first-order valence-corrected chi connectivity index (χ1v) is 6.48. The van der Waals surface area contributed by atoms with Crippen molar-refractivity contribution in [3.05, 3.63) is 29.0 Å². The molecule has 1 saturated carbocycles. The highest BCUT2D eigenvalue weighted by Gasteiger charge is 2.43. The van der Waals surface area contributed by atoms with Crippen LogP contribution in [0, 0.1) is 0 Å². The summed E-state index contributed by atoms with van der Waals surface area (Å²) in [6.45, 7) is 0. The Morgan fingerprint density at radius 2 is 2.21 bits per heavy atom. The summed E-state index contributed by atoms with van der Waals surface area (Å²) < 4.78 is 10.8. The van der Waals surface area contributed by atoms with E-state index >= 15 is 0 Å². The molecule has 5 nitrogen and oxygen atoms in total. The van der Waals surface area contributed by atoms with Crippen molar-refractivity contribution < 1.29 is 9.26 Å². The number of methoxy groups -OCH3 is 1. The Morgan fingerprint density at radius 3 is 2.79 bits per heavy atom. The lowest BCUT2D eigenvalue weighted by molar-refractivity contribution is -0.0858. The number of aromatic nitrogens is 2. The van der Waals surface area contributed by atoms with Crippen molar-refractivity contribution >= 4 is 17.3 Å². The molecule has 0 radical (unpaired) electrons. The van der Waals surface area contributed by atoms with E-state index in [0.717, 1.165) is 19.3 Å². The lowest BCUT2D eigenvalue weighted by Gasteiger charge is -2.37. The van der Waals surface area contributed by atoms with Gasteiger partial charge in [0.2, 0.25) is 5.82 Å². The number of nitrogens with zero attached hydrogens (tertiary/aromatic N) is 2. The smallest absolute Gasteiger partial charge is 0.261 e. The van der Waals surface area contributed by atoms with Gasteiger partial charge in [0.25, 0.3) is 5.89 Å². The van der Waals surface area contributed by atoms with Crippen LogP contribution >= 0.6 is 11.6 Å². The molecule has 19 heavy (non-hydrogen) atoms. The van der Waals surface area contributed by atoms with Crippen LogP contribution in [0.3, 0.4) is 0 Å². The molecule has 0 saturated heterocycles. The maximum Gasteiger partial charge on any atom is 0.261 e. The Kier molecular flexibility index (Phi) is 2.95. The van der Waals surface area contributed by atoms with E-state index in [1.54, 1.807) is 25.3 Å². The zero-order valence-corrected chi connectivity index (χ0v) is 11.3. The number of halogens is 1. The number of rotatable bonds is 3. The summed E-state index contributed by atoms with van der Waals surface area (Å²) >= 11 is 6.13. The van der Waals surface area contributed by atoms with Crippen molar-refractivity contribution in [1.29, 1.82) is 0 Å². The fourth-order valence-electron chi connectivity index (χ4n) is 2.29.